The summed E-state index contributed by atoms with van der Waals surface area (Å²) in [5.41, 5.74) is 2.25. The van der Waals surface area contributed by atoms with Crippen LogP contribution in [0.4, 0.5) is 4.39 Å². The molecule has 2 atom stereocenters. The highest BCUT2D eigenvalue weighted by Crippen LogP contribution is 2.37. The summed E-state index contributed by atoms with van der Waals surface area (Å²) in [5, 5.41) is 8.86. The lowest BCUT2D eigenvalue weighted by molar-refractivity contribution is 0.151. The number of nitrogens with one attached hydrogen (secondary N) is 1. The second kappa shape index (κ2) is 8.42. The number of ether oxygens (including phenoxy) is 1. The van der Waals surface area contributed by atoms with Crippen molar-refractivity contribution in [2.75, 3.05) is 0 Å². The maximum atomic E-state index is 14.6. The van der Waals surface area contributed by atoms with Crippen molar-refractivity contribution in [1.82, 2.24) is 5.32 Å². The number of halogens is 1. The Morgan fingerprint density at radius 1 is 1.03 bits per heavy atom. The van der Waals surface area contributed by atoms with Gasteiger partial charge in [-0.1, -0.05) is 49.9 Å². The third kappa shape index (κ3) is 4.63. The van der Waals surface area contributed by atoms with E-state index in [2.05, 4.69) is 11.4 Å². The summed E-state index contributed by atoms with van der Waals surface area (Å²) in [4.78, 5) is -0.262. The molecule has 0 saturated heterocycles. The molecule has 0 amide bonds. The van der Waals surface area contributed by atoms with Gasteiger partial charge in [0.25, 0.3) is 0 Å². The molecule has 2 aromatic carbocycles. The van der Waals surface area contributed by atoms with Crippen LogP contribution in [-0.2, 0) is 16.4 Å². The van der Waals surface area contributed by atoms with Crippen molar-refractivity contribution in [3.8, 4) is 5.75 Å². The Balaban J connectivity index is 1.58. The lowest BCUT2D eigenvalue weighted by Crippen LogP contribution is -2.42. The fourth-order valence-electron chi connectivity index (χ4n) is 4.49. The highest BCUT2D eigenvalue weighted by Gasteiger charge is 2.36. The predicted molar refractivity (Wildman–Crippen MR) is 110 cm³/mol. The van der Waals surface area contributed by atoms with Gasteiger partial charge < -0.3 is 10.1 Å². The lowest BCUT2D eigenvalue weighted by Gasteiger charge is -2.27. The number of hydrogen-bond donors (Lipinski definition) is 2. The van der Waals surface area contributed by atoms with E-state index in [1.54, 1.807) is 0 Å². The average Bonchev–Trinajstić information content (AvgIpc) is 2.84. The Morgan fingerprint density at radius 3 is 2.45 bits per heavy atom. The SMILES string of the molecule is NS(=O)(=O)c1ccc(O[C@@H]2c3ccccc3C[C@H]2NC2CCCCCC2)c(F)c1. The summed E-state index contributed by atoms with van der Waals surface area (Å²) in [7, 11) is -3.96. The number of benzene rings is 2. The molecule has 0 radical (unpaired) electrons. The quantitative estimate of drug-likeness (QED) is 0.723. The molecule has 1 fully saturated rings. The van der Waals surface area contributed by atoms with Gasteiger partial charge in [0.05, 0.1) is 10.9 Å². The molecule has 0 spiro atoms. The van der Waals surface area contributed by atoms with Crippen molar-refractivity contribution in [1.29, 1.82) is 0 Å². The number of primary sulfonamides is 1. The molecule has 2 aliphatic rings. The molecule has 3 N–H and O–H groups in total. The minimum absolute atomic E-state index is 0.0340. The summed E-state index contributed by atoms with van der Waals surface area (Å²) in [5.74, 6) is -0.694. The highest BCUT2D eigenvalue weighted by atomic mass is 32.2. The van der Waals surface area contributed by atoms with Crippen molar-refractivity contribution in [3.63, 3.8) is 0 Å². The van der Waals surface area contributed by atoms with Crippen LogP contribution in [0.15, 0.2) is 47.4 Å². The van der Waals surface area contributed by atoms with E-state index in [0.29, 0.717) is 6.04 Å². The molecule has 7 heteroatoms. The molecule has 156 valence electrons. The number of hydrogen-bond acceptors (Lipinski definition) is 4. The van der Waals surface area contributed by atoms with Crippen LogP contribution >= 0.6 is 0 Å². The van der Waals surface area contributed by atoms with Crippen LogP contribution in [0.2, 0.25) is 0 Å². The van der Waals surface area contributed by atoms with E-state index < -0.39 is 15.8 Å². The fraction of sp³-hybridized carbons (Fsp3) is 0.455. The first-order valence-corrected chi connectivity index (χ1v) is 11.8. The van der Waals surface area contributed by atoms with Crippen LogP contribution in [0.1, 0.15) is 55.8 Å². The molecule has 0 heterocycles. The first kappa shape index (κ1) is 20.3. The minimum Gasteiger partial charge on any atom is -0.481 e. The molecule has 0 aromatic heterocycles. The third-order valence-electron chi connectivity index (χ3n) is 5.96. The number of nitrogens with two attached hydrogens (primary N) is 1. The smallest absolute Gasteiger partial charge is 0.238 e. The summed E-state index contributed by atoms with van der Waals surface area (Å²) in [6, 6.07) is 12.1. The Kier molecular flexibility index (Phi) is 5.90. The normalized spacial score (nSPS) is 22.8. The molecule has 0 unspecified atom stereocenters. The molecular formula is C22H27FN2O3S. The van der Waals surface area contributed by atoms with E-state index in [-0.39, 0.29) is 22.8 Å². The van der Waals surface area contributed by atoms with Crippen LogP contribution in [0.3, 0.4) is 0 Å². The van der Waals surface area contributed by atoms with E-state index in [4.69, 9.17) is 9.88 Å². The monoisotopic (exact) mass is 418 g/mol. The zero-order chi connectivity index (χ0) is 20.4. The summed E-state index contributed by atoms with van der Waals surface area (Å²) >= 11 is 0. The summed E-state index contributed by atoms with van der Waals surface area (Å²) in [6.07, 6.45) is 7.82. The molecule has 4 rings (SSSR count). The van der Waals surface area contributed by atoms with Crippen LogP contribution in [0, 0.1) is 5.82 Å². The Morgan fingerprint density at radius 2 is 1.76 bits per heavy atom. The van der Waals surface area contributed by atoms with Crippen LogP contribution in [-0.4, -0.2) is 20.5 Å². The van der Waals surface area contributed by atoms with E-state index >= 15 is 0 Å². The number of sulfonamides is 1. The first-order valence-electron chi connectivity index (χ1n) is 10.2. The van der Waals surface area contributed by atoms with E-state index in [1.807, 2.05) is 18.2 Å². The maximum absolute atomic E-state index is 14.6. The molecule has 1 saturated carbocycles. The number of fused-ring (bicyclic) bond motifs is 1. The van der Waals surface area contributed by atoms with E-state index in [9.17, 15) is 12.8 Å². The van der Waals surface area contributed by atoms with Crippen molar-refractivity contribution < 1.29 is 17.5 Å². The van der Waals surface area contributed by atoms with Crippen LogP contribution in [0.25, 0.3) is 0 Å². The molecule has 29 heavy (non-hydrogen) atoms. The Hall–Kier alpha value is -1.96. The Labute approximate surface area is 171 Å². The van der Waals surface area contributed by atoms with Crippen LogP contribution < -0.4 is 15.2 Å². The standard InChI is InChI=1S/C22H27FN2O3S/c23-19-14-17(29(24,26)27)11-12-21(19)28-22-18-10-6-5-7-15(18)13-20(22)25-16-8-3-1-2-4-9-16/h5-7,10-12,14,16,20,22,25H,1-4,8-9,13H2,(H2,24,26,27)/t20-,22-/m1/s1. The predicted octanol–water partition coefficient (Wildman–Crippen LogP) is 3.83. The van der Waals surface area contributed by atoms with Gasteiger partial charge >= 0.3 is 0 Å². The van der Waals surface area contributed by atoms with Crippen molar-refractivity contribution in [2.45, 2.75) is 68.0 Å². The summed E-state index contributed by atoms with van der Waals surface area (Å²) in [6.45, 7) is 0. The van der Waals surface area contributed by atoms with Gasteiger partial charge in [-0.25, -0.2) is 17.9 Å². The van der Waals surface area contributed by atoms with Gasteiger partial charge in [0.1, 0.15) is 6.10 Å². The molecule has 0 bridgehead atoms. The van der Waals surface area contributed by atoms with Crippen molar-refractivity contribution in [3.05, 3.63) is 59.4 Å². The largest absolute Gasteiger partial charge is 0.481 e. The molecule has 5 nitrogen and oxygen atoms in total. The van der Waals surface area contributed by atoms with E-state index in [0.717, 1.165) is 30.9 Å². The van der Waals surface area contributed by atoms with Crippen molar-refractivity contribution in [2.24, 2.45) is 5.14 Å². The molecular weight excluding hydrogens is 391 g/mol. The third-order valence-corrected chi connectivity index (χ3v) is 6.87. The molecule has 2 aliphatic carbocycles. The highest BCUT2D eigenvalue weighted by molar-refractivity contribution is 7.89. The lowest BCUT2D eigenvalue weighted by atomic mass is 10.1. The van der Waals surface area contributed by atoms with Crippen molar-refractivity contribution >= 4 is 10.0 Å². The van der Waals surface area contributed by atoms with Gasteiger partial charge in [-0.3, -0.25) is 0 Å². The van der Waals surface area contributed by atoms with Gasteiger partial charge in [-0.05, 0) is 48.6 Å². The molecule has 0 aliphatic heterocycles. The first-order chi connectivity index (χ1) is 13.9. The van der Waals surface area contributed by atoms with Gasteiger partial charge in [-0.15, -0.1) is 0 Å². The average molecular weight is 419 g/mol. The second-order valence-electron chi connectivity index (χ2n) is 8.04. The fourth-order valence-corrected chi connectivity index (χ4v) is 5.02. The maximum Gasteiger partial charge on any atom is 0.238 e. The van der Waals surface area contributed by atoms with Gasteiger partial charge in [0.2, 0.25) is 10.0 Å². The summed E-state index contributed by atoms with van der Waals surface area (Å²) < 4.78 is 43.6. The second-order valence-corrected chi connectivity index (χ2v) is 9.60. The Bertz CT molecular complexity index is 972. The van der Waals surface area contributed by atoms with E-state index in [1.165, 1.54) is 43.4 Å². The molecule has 2 aromatic rings. The van der Waals surface area contributed by atoms with Gasteiger partial charge in [0, 0.05) is 6.04 Å². The van der Waals surface area contributed by atoms with Gasteiger partial charge in [0.15, 0.2) is 11.6 Å². The zero-order valence-electron chi connectivity index (χ0n) is 16.3. The van der Waals surface area contributed by atoms with Gasteiger partial charge in [-0.2, -0.15) is 0 Å². The minimum atomic E-state index is -3.96. The topological polar surface area (TPSA) is 81.4 Å². The number of rotatable bonds is 5. The zero-order valence-corrected chi connectivity index (χ0v) is 17.1. The van der Waals surface area contributed by atoms with Crippen LogP contribution in [0.5, 0.6) is 5.75 Å².